The molecule has 0 amide bonds. The average molecular weight is 415 g/mol. The molecule has 0 fully saturated rings. The molecule has 0 saturated heterocycles. The lowest BCUT2D eigenvalue weighted by molar-refractivity contribution is 0.574. The number of halogens is 2. The van der Waals surface area contributed by atoms with Gasteiger partial charge in [0.2, 0.25) is 0 Å². The Morgan fingerprint density at radius 3 is 2.35 bits per heavy atom. The van der Waals surface area contributed by atoms with Gasteiger partial charge in [0.25, 0.3) is 0 Å². The maximum absolute atomic E-state index is 3.56. The molecule has 0 aliphatic carbocycles. The maximum Gasteiger partial charge on any atom is 0.0320 e. The highest BCUT2D eigenvalue weighted by molar-refractivity contribution is 9.13. The van der Waals surface area contributed by atoms with Gasteiger partial charge < -0.3 is 5.32 Å². The zero-order valence-electron chi connectivity index (χ0n) is 11.5. The van der Waals surface area contributed by atoms with Crippen LogP contribution in [0.3, 0.4) is 0 Å². The van der Waals surface area contributed by atoms with Crippen LogP contribution in [-0.2, 0) is 6.54 Å². The minimum atomic E-state index is 0.341. The van der Waals surface area contributed by atoms with Gasteiger partial charge in [-0.05, 0) is 80.4 Å². The highest BCUT2D eigenvalue weighted by Crippen LogP contribution is 2.24. The van der Waals surface area contributed by atoms with E-state index in [2.05, 4.69) is 92.8 Å². The molecule has 106 valence electrons. The minimum absolute atomic E-state index is 0.341. The van der Waals surface area contributed by atoms with Crippen LogP contribution in [-0.4, -0.2) is 6.26 Å². The van der Waals surface area contributed by atoms with Crippen molar-refractivity contribution in [3.05, 3.63) is 62.5 Å². The number of rotatable bonds is 5. The lowest BCUT2D eigenvalue weighted by Gasteiger charge is -2.15. The third-order valence-corrected chi connectivity index (χ3v) is 5.84. The summed E-state index contributed by atoms with van der Waals surface area (Å²) in [4.78, 5) is 1.30. The second kappa shape index (κ2) is 7.64. The fourth-order valence-electron chi connectivity index (χ4n) is 1.93. The summed E-state index contributed by atoms with van der Waals surface area (Å²) in [6.45, 7) is 3.05. The predicted molar refractivity (Wildman–Crippen MR) is 95.3 cm³/mol. The summed E-state index contributed by atoms with van der Waals surface area (Å²) >= 11 is 8.80. The fraction of sp³-hybridized carbons (Fsp3) is 0.250. The van der Waals surface area contributed by atoms with Crippen LogP contribution in [0.1, 0.15) is 24.1 Å². The number of hydrogen-bond acceptors (Lipinski definition) is 2. The Balaban J connectivity index is 1.96. The smallest absolute Gasteiger partial charge is 0.0320 e. The summed E-state index contributed by atoms with van der Waals surface area (Å²) in [6, 6.07) is 15.4. The van der Waals surface area contributed by atoms with Gasteiger partial charge in [-0.15, -0.1) is 11.8 Å². The summed E-state index contributed by atoms with van der Waals surface area (Å²) in [5.41, 5.74) is 2.59. The first-order valence-corrected chi connectivity index (χ1v) is 9.22. The average Bonchev–Trinajstić information content (AvgIpc) is 2.48. The van der Waals surface area contributed by atoms with E-state index in [0.717, 1.165) is 15.5 Å². The van der Waals surface area contributed by atoms with Crippen molar-refractivity contribution < 1.29 is 0 Å². The van der Waals surface area contributed by atoms with Crippen molar-refractivity contribution >= 4 is 43.6 Å². The molecule has 1 unspecified atom stereocenters. The van der Waals surface area contributed by atoms with E-state index in [4.69, 9.17) is 0 Å². The zero-order valence-corrected chi connectivity index (χ0v) is 15.5. The summed E-state index contributed by atoms with van der Waals surface area (Å²) in [5, 5.41) is 3.56. The molecular formula is C16H17Br2NS. The van der Waals surface area contributed by atoms with E-state index < -0.39 is 0 Å². The highest BCUT2D eigenvalue weighted by Gasteiger charge is 2.05. The van der Waals surface area contributed by atoms with Gasteiger partial charge in [-0.1, -0.05) is 18.2 Å². The second-order valence-electron chi connectivity index (χ2n) is 4.62. The van der Waals surface area contributed by atoms with Gasteiger partial charge in [-0.2, -0.15) is 0 Å². The van der Waals surface area contributed by atoms with E-state index in [1.54, 1.807) is 11.8 Å². The van der Waals surface area contributed by atoms with Crippen molar-refractivity contribution in [3.63, 3.8) is 0 Å². The molecule has 2 aromatic carbocycles. The van der Waals surface area contributed by atoms with E-state index in [0.29, 0.717) is 6.04 Å². The third kappa shape index (κ3) is 4.35. The van der Waals surface area contributed by atoms with E-state index in [-0.39, 0.29) is 0 Å². The largest absolute Gasteiger partial charge is 0.306 e. The van der Waals surface area contributed by atoms with Crippen LogP contribution in [0.5, 0.6) is 0 Å². The Bertz CT molecular complexity index is 569. The number of thioether (sulfide) groups is 1. The molecule has 0 saturated carbocycles. The van der Waals surface area contributed by atoms with Gasteiger partial charge in [0.1, 0.15) is 0 Å². The minimum Gasteiger partial charge on any atom is -0.306 e. The first-order chi connectivity index (χ1) is 9.60. The molecular weight excluding hydrogens is 398 g/mol. The van der Waals surface area contributed by atoms with E-state index in [1.807, 2.05) is 0 Å². The van der Waals surface area contributed by atoms with Gasteiger partial charge in [0.15, 0.2) is 0 Å². The lowest BCUT2D eigenvalue weighted by atomic mass is 10.1. The second-order valence-corrected chi connectivity index (χ2v) is 7.21. The molecule has 1 nitrogen and oxygen atoms in total. The van der Waals surface area contributed by atoms with Gasteiger partial charge in [0, 0.05) is 26.4 Å². The van der Waals surface area contributed by atoms with Crippen molar-refractivity contribution in [3.8, 4) is 0 Å². The summed E-state index contributed by atoms with van der Waals surface area (Å²) in [5.74, 6) is 0. The van der Waals surface area contributed by atoms with Crippen LogP contribution in [0.25, 0.3) is 0 Å². The molecule has 0 spiro atoms. The van der Waals surface area contributed by atoms with Crippen LogP contribution in [0.2, 0.25) is 0 Å². The zero-order chi connectivity index (χ0) is 14.5. The van der Waals surface area contributed by atoms with Gasteiger partial charge in [0.05, 0.1) is 0 Å². The summed E-state index contributed by atoms with van der Waals surface area (Å²) in [7, 11) is 0. The Hall–Kier alpha value is -0.290. The third-order valence-electron chi connectivity index (χ3n) is 3.21. The Morgan fingerprint density at radius 2 is 1.75 bits per heavy atom. The molecule has 0 radical (unpaired) electrons. The molecule has 4 heteroatoms. The van der Waals surface area contributed by atoms with Gasteiger partial charge in [-0.25, -0.2) is 0 Å². The van der Waals surface area contributed by atoms with Crippen LogP contribution in [0.4, 0.5) is 0 Å². The van der Waals surface area contributed by atoms with Crippen LogP contribution < -0.4 is 5.32 Å². The molecule has 0 aromatic heterocycles. The number of benzene rings is 2. The molecule has 0 heterocycles. The Labute approximate surface area is 141 Å². The first-order valence-electron chi connectivity index (χ1n) is 6.41. The topological polar surface area (TPSA) is 12.0 Å². The summed E-state index contributed by atoms with van der Waals surface area (Å²) < 4.78 is 2.18. The van der Waals surface area contributed by atoms with Crippen LogP contribution in [0.15, 0.2) is 56.3 Å². The van der Waals surface area contributed by atoms with E-state index in [9.17, 15) is 0 Å². The van der Waals surface area contributed by atoms with Crippen LogP contribution in [0, 0.1) is 0 Å². The van der Waals surface area contributed by atoms with Crippen molar-refractivity contribution in [1.29, 1.82) is 0 Å². The molecule has 1 N–H and O–H groups in total. The fourth-order valence-corrected chi connectivity index (χ4v) is 3.01. The van der Waals surface area contributed by atoms with Crippen LogP contribution >= 0.6 is 43.6 Å². The molecule has 1 atom stereocenters. The van der Waals surface area contributed by atoms with Gasteiger partial charge >= 0.3 is 0 Å². The molecule has 0 aliphatic rings. The standard InChI is InChI=1S/C16H17Br2NS/c1-11(13-4-6-14(20-2)7-5-13)19-10-12-3-8-15(17)16(18)9-12/h3-9,11,19H,10H2,1-2H3. The lowest BCUT2D eigenvalue weighted by Crippen LogP contribution is -2.18. The Morgan fingerprint density at radius 1 is 1.05 bits per heavy atom. The van der Waals surface area contributed by atoms with E-state index >= 15 is 0 Å². The molecule has 20 heavy (non-hydrogen) atoms. The summed E-state index contributed by atoms with van der Waals surface area (Å²) in [6.07, 6.45) is 2.10. The normalized spacial score (nSPS) is 12.4. The van der Waals surface area contributed by atoms with Gasteiger partial charge in [-0.3, -0.25) is 0 Å². The monoisotopic (exact) mass is 413 g/mol. The first kappa shape index (κ1) is 16.1. The molecule has 2 rings (SSSR count). The van der Waals surface area contributed by atoms with E-state index in [1.165, 1.54) is 16.0 Å². The maximum atomic E-state index is 3.56. The quantitative estimate of drug-likeness (QED) is 0.621. The van der Waals surface area contributed by atoms with Crippen molar-refractivity contribution in [1.82, 2.24) is 5.32 Å². The molecule has 2 aromatic rings. The Kier molecular flexibility index (Phi) is 6.15. The number of nitrogens with one attached hydrogen (secondary N) is 1. The molecule has 0 aliphatic heterocycles. The predicted octanol–water partition coefficient (Wildman–Crippen LogP) is 5.78. The van der Waals surface area contributed by atoms with Crippen molar-refractivity contribution in [2.24, 2.45) is 0 Å². The number of hydrogen-bond donors (Lipinski definition) is 1. The SMILES string of the molecule is CSc1ccc(C(C)NCc2ccc(Br)c(Br)c2)cc1. The molecule has 0 bridgehead atoms. The van der Waals surface area contributed by atoms with Crippen molar-refractivity contribution in [2.75, 3.05) is 6.26 Å². The van der Waals surface area contributed by atoms with Crippen molar-refractivity contribution in [2.45, 2.75) is 24.4 Å². The highest BCUT2D eigenvalue weighted by atomic mass is 79.9.